The first-order valence-corrected chi connectivity index (χ1v) is 5.68. The third-order valence-electron chi connectivity index (χ3n) is 2.52. The van der Waals surface area contributed by atoms with Gasteiger partial charge in [-0.25, -0.2) is 0 Å². The molecule has 0 amide bonds. The normalized spacial score (nSPS) is 36.0. The fraction of sp³-hybridized carbons (Fsp3) is 0.125. The van der Waals surface area contributed by atoms with Crippen LogP contribution in [0.25, 0.3) is 0 Å². The Hall–Kier alpha value is -1.82. The SMILES string of the molecule is C1=C\C=C\C=C2\C=C/C\C=C/C(=C/C=C/1)C2. The van der Waals surface area contributed by atoms with Gasteiger partial charge in [0.2, 0.25) is 0 Å². The molecular weight excluding hydrogens is 192 g/mol. The molecule has 2 bridgehead atoms. The van der Waals surface area contributed by atoms with Crippen molar-refractivity contribution in [3.05, 3.63) is 84.1 Å². The van der Waals surface area contributed by atoms with E-state index in [4.69, 9.17) is 0 Å². The summed E-state index contributed by atoms with van der Waals surface area (Å²) in [5, 5.41) is 0. The molecule has 0 aromatic heterocycles. The monoisotopic (exact) mass is 208 g/mol. The molecule has 0 saturated heterocycles. The molecule has 2 aliphatic rings. The Morgan fingerprint density at radius 2 is 1.12 bits per heavy atom. The topological polar surface area (TPSA) is 0 Å². The summed E-state index contributed by atoms with van der Waals surface area (Å²) in [7, 11) is 0. The molecule has 16 heavy (non-hydrogen) atoms. The van der Waals surface area contributed by atoms with Crippen molar-refractivity contribution >= 4 is 0 Å². The Labute approximate surface area is 97.4 Å². The highest BCUT2D eigenvalue weighted by atomic mass is 14.0. The molecule has 2 rings (SSSR count). The zero-order valence-electron chi connectivity index (χ0n) is 9.34. The van der Waals surface area contributed by atoms with E-state index in [1.54, 1.807) is 0 Å². The molecule has 0 aliphatic heterocycles. The van der Waals surface area contributed by atoms with Gasteiger partial charge in [0.15, 0.2) is 0 Å². The Morgan fingerprint density at radius 3 is 1.69 bits per heavy atom. The van der Waals surface area contributed by atoms with Crippen LogP contribution >= 0.6 is 0 Å². The maximum Gasteiger partial charge on any atom is -0.00260 e. The van der Waals surface area contributed by atoms with Crippen LogP contribution in [0, 0.1) is 0 Å². The highest BCUT2D eigenvalue weighted by Gasteiger charge is 1.98. The van der Waals surface area contributed by atoms with Crippen molar-refractivity contribution in [2.24, 2.45) is 0 Å². The second kappa shape index (κ2) is 5.92. The van der Waals surface area contributed by atoms with E-state index in [9.17, 15) is 0 Å². The van der Waals surface area contributed by atoms with Crippen LogP contribution in [0.15, 0.2) is 84.1 Å². The van der Waals surface area contributed by atoms with Crippen molar-refractivity contribution in [3.8, 4) is 0 Å². The third kappa shape index (κ3) is 3.39. The van der Waals surface area contributed by atoms with E-state index in [0.717, 1.165) is 12.8 Å². The summed E-state index contributed by atoms with van der Waals surface area (Å²) in [6.45, 7) is 0. The van der Waals surface area contributed by atoms with E-state index in [1.807, 2.05) is 12.2 Å². The standard InChI is InChI=1S/C16H16/c1-2-4-7-11-16-13-9-5-8-12-15(14-16)10-6-3-1/h1-4,6-13H,5,14H2/b2-1-,6-3+,7-4+,12-8-,13-9-,15-10-,16-11-. The van der Waals surface area contributed by atoms with Crippen LogP contribution in [-0.2, 0) is 0 Å². The van der Waals surface area contributed by atoms with Crippen LogP contribution in [0.1, 0.15) is 12.8 Å². The van der Waals surface area contributed by atoms with Crippen LogP contribution in [-0.4, -0.2) is 0 Å². The molecule has 0 N–H and O–H groups in total. The third-order valence-corrected chi connectivity index (χ3v) is 2.52. The number of allylic oxidation sites excluding steroid dienone is 14. The summed E-state index contributed by atoms with van der Waals surface area (Å²) >= 11 is 0. The lowest BCUT2D eigenvalue weighted by atomic mass is 10.0. The zero-order valence-corrected chi connectivity index (χ0v) is 9.34. The van der Waals surface area contributed by atoms with Gasteiger partial charge in [-0.1, -0.05) is 72.9 Å². The van der Waals surface area contributed by atoms with Crippen LogP contribution in [0.3, 0.4) is 0 Å². The molecule has 0 atom stereocenters. The van der Waals surface area contributed by atoms with E-state index < -0.39 is 0 Å². The summed E-state index contributed by atoms with van der Waals surface area (Å²) < 4.78 is 0. The van der Waals surface area contributed by atoms with Gasteiger partial charge in [0, 0.05) is 0 Å². The van der Waals surface area contributed by atoms with Crippen molar-refractivity contribution in [2.75, 3.05) is 0 Å². The minimum Gasteiger partial charge on any atom is -0.0805 e. The van der Waals surface area contributed by atoms with Crippen LogP contribution in [0.4, 0.5) is 0 Å². The summed E-state index contributed by atoms with van der Waals surface area (Å²) in [6, 6.07) is 0. The van der Waals surface area contributed by atoms with E-state index in [-0.39, 0.29) is 0 Å². The lowest BCUT2D eigenvalue weighted by Gasteiger charge is -2.05. The van der Waals surface area contributed by atoms with Crippen LogP contribution in [0.2, 0.25) is 0 Å². The van der Waals surface area contributed by atoms with E-state index in [0.29, 0.717) is 0 Å². The smallest absolute Gasteiger partial charge is 0.00260 e. The molecular formula is C16H16. The Morgan fingerprint density at radius 1 is 0.625 bits per heavy atom. The largest absolute Gasteiger partial charge is 0.0805 e. The molecule has 0 unspecified atom stereocenters. The lowest BCUT2D eigenvalue weighted by molar-refractivity contribution is 1.17. The van der Waals surface area contributed by atoms with Gasteiger partial charge in [-0.3, -0.25) is 0 Å². The van der Waals surface area contributed by atoms with Crippen LogP contribution < -0.4 is 0 Å². The summed E-state index contributed by atoms with van der Waals surface area (Å²) in [4.78, 5) is 0. The zero-order chi connectivity index (χ0) is 11.1. The van der Waals surface area contributed by atoms with Gasteiger partial charge in [0.05, 0.1) is 0 Å². The molecule has 0 aromatic carbocycles. The summed E-state index contributed by atoms with van der Waals surface area (Å²) in [6.07, 6.45) is 27.6. The molecule has 0 fully saturated rings. The minimum atomic E-state index is 1.00. The average Bonchev–Trinajstić information content (AvgIpc) is 2.30. The van der Waals surface area contributed by atoms with Gasteiger partial charge in [-0.2, -0.15) is 0 Å². The second-order valence-corrected chi connectivity index (χ2v) is 3.86. The fourth-order valence-electron chi connectivity index (χ4n) is 1.71. The first kappa shape index (κ1) is 10.7. The quantitative estimate of drug-likeness (QED) is 0.552. The molecule has 0 saturated carbocycles. The van der Waals surface area contributed by atoms with Crippen LogP contribution in [0.5, 0.6) is 0 Å². The van der Waals surface area contributed by atoms with Gasteiger partial charge in [0.25, 0.3) is 0 Å². The Balaban J connectivity index is 2.35. The van der Waals surface area contributed by atoms with Gasteiger partial charge < -0.3 is 0 Å². The predicted molar refractivity (Wildman–Crippen MR) is 71.1 cm³/mol. The fourth-order valence-corrected chi connectivity index (χ4v) is 1.71. The molecule has 0 nitrogen and oxygen atoms in total. The second-order valence-electron chi connectivity index (χ2n) is 3.86. The van der Waals surface area contributed by atoms with Gasteiger partial charge >= 0.3 is 0 Å². The summed E-state index contributed by atoms with van der Waals surface area (Å²) in [5.74, 6) is 0. The van der Waals surface area contributed by atoms with Crippen molar-refractivity contribution in [3.63, 3.8) is 0 Å². The lowest BCUT2D eigenvalue weighted by Crippen LogP contribution is -1.85. The number of hydrogen-bond donors (Lipinski definition) is 0. The van der Waals surface area contributed by atoms with Gasteiger partial charge in [0.1, 0.15) is 0 Å². The molecule has 0 heteroatoms. The predicted octanol–water partition coefficient (Wildman–Crippen LogP) is 4.43. The highest BCUT2D eigenvalue weighted by molar-refractivity contribution is 5.38. The van der Waals surface area contributed by atoms with E-state index in [1.165, 1.54) is 11.1 Å². The molecule has 0 radical (unpaired) electrons. The minimum absolute atomic E-state index is 1.00. The Kier molecular flexibility index (Phi) is 3.95. The highest BCUT2D eigenvalue weighted by Crippen LogP contribution is 2.17. The van der Waals surface area contributed by atoms with Crippen molar-refractivity contribution in [2.45, 2.75) is 12.8 Å². The number of rotatable bonds is 0. The average molecular weight is 208 g/mol. The molecule has 0 spiro atoms. The summed E-state index contributed by atoms with van der Waals surface area (Å²) in [5.41, 5.74) is 2.71. The first-order chi connectivity index (χ1) is 7.95. The van der Waals surface area contributed by atoms with Crippen molar-refractivity contribution in [1.82, 2.24) is 0 Å². The van der Waals surface area contributed by atoms with E-state index >= 15 is 0 Å². The number of fused-ring (bicyclic) bond motifs is 2. The molecule has 0 heterocycles. The molecule has 2 aliphatic carbocycles. The maximum atomic E-state index is 2.22. The number of hydrogen-bond acceptors (Lipinski definition) is 0. The van der Waals surface area contributed by atoms with Crippen molar-refractivity contribution < 1.29 is 0 Å². The molecule has 80 valence electrons. The Bertz CT molecular complexity index is 395. The van der Waals surface area contributed by atoms with E-state index in [2.05, 4.69) is 60.8 Å². The maximum absolute atomic E-state index is 2.22. The molecule has 0 aromatic rings. The first-order valence-electron chi connectivity index (χ1n) is 5.68. The van der Waals surface area contributed by atoms with Crippen molar-refractivity contribution in [1.29, 1.82) is 0 Å². The van der Waals surface area contributed by atoms with Gasteiger partial charge in [-0.05, 0) is 24.0 Å². The van der Waals surface area contributed by atoms with Gasteiger partial charge in [-0.15, -0.1) is 0 Å².